The summed E-state index contributed by atoms with van der Waals surface area (Å²) < 4.78 is 0. The zero-order valence-corrected chi connectivity index (χ0v) is 17.1. The molecule has 0 bridgehead atoms. The molecule has 2 aromatic rings. The molecule has 0 unspecified atom stereocenters. The average Bonchev–Trinajstić information content (AvgIpc) is 3.47. The van der Waals surface area contributed by atoms with Crippen LogP contribution in [0.4, 0.5) is 0 Å². The van der Waals surface area contributed by atoms with Crippen LogP contribution in [0.3, 0.4) is 0 Å². The second kappa shape index (κ2) is 6.74. The van der Waals surface area contributed by atoms with Gasteiger partial charge in [-0.05, 0) is 53.6 Å². The molecule has 0 amide bonds. The predicted octanol–water partition coefficient (Wildman–Crippen LogP) is 7.14. The fraction of sp³-hybridized carbons (Fsp3) is 0.172. The third-order valence-electron chi connectivity index (χ3n) is 6.48. The normalized spacial score (nSPS) is 19.7. The van der Waals surface area contributed by atoms with Crippen LogP contribution >= 0.6 is 0 Å². The SMILES string of the molecule is CC=CC1(c2ccc3c(c2C2(C=CC)C=CC=C2)Cc2ccccc2-3)C=CC=C1. The van der Waals surface area contributed by atoms with Crippen LogP contribution < -0.4 is 0 Å². The Kier molecular flexibility index (Phi) is 4.17. The predicted molar refractivity (Wildman–Crippen MR) is 124 cm³/mol. The van der Waals surface area contributed by atoms with Crippen molar-refractivity contribution in [3.63, 3.8) is 0 Å². The summed E-state index contributed by atoms with van der Waals surface area (Å²) in [5.74, 6) is 0. The topological polar surface area (TPSA) is 0 Å². The number of allylic oxidation sites excluding steroid dienone is 12. The smallest absolute Gasteiger partial charge is 0.0505 e. The molecule has 0 radical (unpaired) electrons. The highest BCUT2D eigenvalue weighted by Gasteiger charge is 2.39. The molecule has 2 aromatic carbocycles. The van der Waals surface area contributed by atoms with Crippen LogP contribution in [-0.4, -0.2) is 0 Å². The fourth-order valence-electron chi connectivity index (χ4n) is 5.33. The molecule has 5 rings (SSSR count). The summed E-state index contributed by atoms with van der Waals surface area (Å²) in [6, 6.07) is 13.6. The van der Waals surface area contributed by atoms with Crippen LogP contribution in [0.1, 0.15) is 36.1 Å². The number of hydrogen-bond acceptors (Lipinski definition) is 0. The van der Waals surface area contributed by atoms with E-state index in [1.165, 1.54) is 33.4 Å². The molecule has 0 saturated carbocycles. The minimum atomic E-state index is -0.198. The standard InChI is InChI=1S/C29H26/c1-3-15-28(17-7-8-18-28)26-14-13-24-23-12-6-5-11-22(23)21-25(24)27(26)29(16-4-2)19-9-10-20-29/h3-20H,21H2,1-2H3. The second-order valence-electron chi connectivity index (χ2n) is 8.15. The molecule has 0 nitrogen and oxygen atoms in total. The Hall–Kier alpha value is -3.12. The van der Waals surface area contributed by atoms with Crippen molar-refractivity contribution in [3.8, 4) is 11.1 Å². The average molecular weight is 375 g/mol. The fourth-order valence-corrected chi connectivity index (χ4v) is 5.33. The van der Waals surface area contributed by atoms with E-state index < -0.39 is 0 Å². The van der Waals surface area contributed by atoms with Crippen molar-refractivity contribution in [1.82, 2.24) is 0 Å². The lowest BCUT2D eigenvalue weighted by Crippen LogP contribution is -2.27. The molecular weight excluding hydrogens is 348 g/mol. The summed E-state index contributed by atoms with van der Waals surface area (Å²) in [4.78, 5) is 0. The van der Waals surface area contributed by atoms with Crippen LogP contribution in [0.5, 0.6) is 0 Å². The van der Waals surface area contributed by atoms with E-state index in [1.807, 2.05) is 0 Å². The van der Waals surface area contributed by atoms with Crippen LogP contribution in [0.15, 0.2) is 109 Å². The van der Waals surface area contributed by atoms with Crippen LogP contribution in [-0.2, 0) is 17.3 Å². The van der Waals surface area contributed by atoms with E-state index in [4.69, 9.17) is 0 Å². The Balaban J connectivity index is 1.86. The van der Waals surface area contributed by atoms with Gasteiger partial charge in [0.1, 0.15) is 0 Å². The van der Waals surface area contributed by atoms with Crippen molar-refractivity contribution in [2.45, 2.75) is 31.1 Å². The van der Waals surface area contributed by atoms with Gasteiger partial charge in [-0.1, -0.05) is 109 Å². The van der Waals surface area contributed by atoms with Gasteiger partial charge >= 0.3 is 0 Å². The van der Waals surface area contributed by atoms with Crippen molar-refractivity contribution in [2.24, 2.45) is 0 Å². The van der Waals surface area contributed by atoms with E-state index in [-0.39, 0.29) is 10.8 Å². The summed E-state index contributed by atoms with van der Waals surface area (Å²) in [5, 5.41) is 0. The van der Waals surface area contributed by atoms with Gasteiger partial charge in [-0.25, -0.2) is 0 Å². The first-order chi connectivity index (χ1) is 14.2. The molecule has 29 heavy (non-hydrogen) atoms. The van der Waals surface area contributed by atoms with E-state index >= 15 is 0 Å². The molecule has 0 atom stereocenters. The van der Waals surface area contributed by atoms with Crippen molar-refractivity contribution in [1.29, 1.82) is 0 Å². The van der Waals surface area contributed by atoms with Crippen LogP contribution in [0.25, 0.3) is 11.1 Å². The summed E-state index contributed by atoms with van der Waals surface area (Å²) in [6.45, 7) is 4.23. The Morgan fingerprint density at radius 2 is 1.31 bits per heavy atom. The van der Waals surface area contributed by atoms with Gasteiger partial charge in [0.25, 0.3) is 0 Å². The molecule has 0 heterocycles. The molecule has 3 aliphatic rings. The van der Waals surface area contributed by atoms with E-state index in [0.717, 1.165) is 6.42 Å². The van der Waals surface area contributed by atoms with Gasteiger partial charge in [-0.2, -0.15) is 0 Å². The third kappa shape index (κ3) is 2.59. The summed E-state index contributed by atoms with van der Waals surface area (Å²) in [5.41, 5.74) is 8.09. The zero-order chi connectivity index (χ0) is 19.9. The third-order valence-corrected chi connectivity index (χ3v) is 6.48. The van der Waals surface area contributed by atoms with Gasteiger partial charge in [-0.3, -0.25) is 0 Å². The van der Waals surface area contributed by atoms with Crippen molar-refractivity contribution >= 4 is 0 Å². The molecule has 0 spiro atoms. The van der Waals surface area contributed by atoms with Gasteiger partial charge in [0.15, 0.2) is 0 Å². The first kappa shape index (κ1) is 17.9. The zero-order valence-electron chi connectivity index (χ0n) is 17.1. The largest absolute Gasteiger partial charge is 0.0901 e. The Morgan fingerprint density at radius 3 is 2.00 bits per heavy atom. The van der Waals surface area contributed by atoms with E-state index in [0.29, 0.717) is 0 Å². The maximum atomic E-state index is 2.36. The maximum absolute atomic E-state index is 2.36. The Bertz CT molecular complexity index is 1120. The summed E-state index contributed by atoms with van der Waals surface area (Å²) >= 11 is 0. The van der Waals surface area contributed by atoms with E-state index in [9.17, 15) is 0 Å². The minimum Gasteiger partial charge on any atom is -0.0901 e. The molecule has 0 saturated heterocycles. The Morgan fingerprint density at radius 1 is 0.690 bits per heavy atom. The van der Waals surface area contributed by atoms with Crippen LogP contribution in [0.2, 0.25) is 0 Å². The molecule has 0 fully saturated rings. The van der Waals surface area contributed by atoms with Crippen molar-refractivity contribution in [2.75, 3.05) is 0 Å². The van der Waals surface area contributed by atoms with E-state index in [1.54, 1.807) is 0 Å². The van der Waals surface area contributed by atoms with Gasteiger partial charge in [-0.15, -0.1) is 0 Å². The molecule has 0 heteroatoms. The van der Waals surface area contributed by atoms with Gasteiger partial charge in [0.05, 0.1) is 10.8 Å². The highest BCUT2D eigenvalue weighted by atomic mass is 14.4. The van der Waals surface area contributed by atoms with Gasteiger partial charge in [0, 0.05) is 0 Å². The minimum absolute atomic E-state index is 0.188. The molecule has 0 aromatic heterocycles. The number of fused-ring (bicyclic) bond motifs is 3. The second-order valence-corrected chi connectivity index (χ2v) is 8.15. The lowest BCUT2D eigenvalue weighted by atomic mass is 9.68. The number of benzene rings is 2. The van der Waals surface area contributed by atoms with Crippen molar-refractivity contribution in [3.05, 3.63) is 132 Å². The highest BCUT2D eigenvalue weighted by molar-refractivity contribution is 5.81. The molecular formula is C29H26. The summed E-state index contributed by atoms with van der Waals surface area (Å²) in [6.07, 6.45) is 28.1. The molecule has 3 aliphatic carbocycles. The highest BCUT2D eigenvalue weighted by Crippen LogP contribution is 2.49. The lowest BCUT2D eigenvalue weighted by molar-refractivity contribution is 0.774. The quantitative estimate of drug-likeness (QED) is 0.426. The lowest BCUT2D eigenvalue weighted by Gasteiger charge is -2.34. The molecule has 142 valence electrons. The van der Waals surface area contributed by atoms with Gasteiger partial charge in [0.2, 0.25) is 0 Å². The maximum Gasteiger partial charge on any atom is 0.0505 e. The number of hydrogen-bond donors (Lipinski definition) is 0. The van der Waals surface area contributed by atoms with Crippen LogP contribution in [0, 0.1) is 0 Å². The van der Waals surface area contributed by atoms with E-state index in [2.05, 4.69) is 123 Å². The summed E-state index contributed by atoms with van der Waals surface area (Å²) in [7, 11) is 0. The first-order valence-corrected chi connectivity index (χ1v) is 10.5. The molecule has 0 aliphatic heterocycles. The van der Waals surface area contributed by atoms with Gasteiger partial charge < -0.3 is 0 Å². The molecule has 0 N–H and O–H groups in total. The monoisotopic (exact) mass is 374 g/mol. The number of rotatable bonds is 4. The Labute approximate surface area is 174 Å². The first-order valence-electron chi connectivity index (χ1n) is 10.5. The van der Waals surface area contributed by atoms with Crippen molar-refractivity contribution < 1.29 is 0 Å².